The zero-order valence-electron chi connectivity index (χ0n) is 11.4. The van der Waals surface area contributed by atoms with E-state index in [0.717, 1.165) is 24.2 Å². The summed E-state index contributed by atoms with van der Waals surface area (Å²) < 4.78 is 40.5. The fourth-order valence-electron chi connectivity index (χ4n) is 2.37. The van der Waals surface area contributed by atoms with Crippen LogP contribution in [-0.2, 0) is 11.2 Å². The van der Waals surface area contributed by atoms with Gasteiger partial charge in [0.2, 0.25) is 0 Å². The highest BCUT2D eigenvalue weighted by atomic mass is 19.4. The molecule has 1 atom stereocenters. The molecular formula is C14H19F3N2O. The van der Waals surface area contributed by atoms with Crippen LogP contribution in [0.5, 0.6) is 0 Å². The molecule has 0 radical (unpaired) electrons. The molecule has 112 valence electrons. The van der Waals surface area contributed by atoms with Crippen LogP contribution in [0.3, 0.4) is 0 Å². The van der Waals surface area contributed by atoms with Gasteiger partial charge in [-0.25, -0.2) is 0 Å². The Morgan fingerprint density at radius 3 is 2.80 bits per heavy atom. The predicted octanol–water partition coefficient (Wildman–Crippen LogP) is 2.65. The number of hydrogen-bond donors (Lipinski definition) is 1. The van der Waals surface area contributed by atoms with Crippen molar-refractivity contribution in [1.29, 1.82) is 0 Å². The van der Waals surface area contributed by atoms with Gasteiger partial charge in [-0.1, -0.05) is 12.1 Å². The molecule has 1 aliphatic rings. The van der Waals surface area contributed by atoms with E-state index in [-0.39, 0.29) is 12.6 Å². The van der Waals surface area contributed by atoms with Crippen LogP contribution in [-0.4, -0.2) is 32.5 Å². The number of benzene rings is 1. The summed E-state index contributed by atoms with van der Waals surface area (Å²) in [4.78, 5) is 2.05. The number of hydrogen-bond acceptors (Lipinski definition) is 3. The van der Waals surface area contributed by atoms with Crippen LogP contribution in [0.1, 0.15) is 24.1 Å². The second kappa shape index (κ2) is 6.01. The molecule has 0 aliphatic carbocycles. The Bertz CT molecular complexity index is 460. The van der Waals surface area contributed by atoms with Crippen LogP contribution >= 0.6 is 0 Å². The minimum atomic E-state index is -4.25. The molecule has 0 bridgehead atoms. The lowest BCUT2D eigenvalue weighted by Gasteiger charge is -2.20. The smallest absolute Gasteiger partial charge is 0.370 e. The monoisotopic (exact) mass is 288 g/mol. The van der Waals surface area contributed by atoms with Gasteiger partial charge in [0, 0.05) is 24.8 Å². The molecule has 0 saturated heterocycles. The Kier molecular flexibility index (Phi) is 4.55. The van der Waals surface area contributed by atoms with E-state index in [9.17, 15) is 13.2 Å². The van der Waals surface area contributed by atoms with Crippen molar-refractivity contribution < 1.29 is 17.9 Å². The van der Waals surface area contributed by atoms with Crippen LogP contribution < -0.4 is 10.6 Å². The molecule has 1 aromatic carbocycles. The standard InChI is InChI=1S/C14H19F3N2O/c1-10(18)11-2-3-13-12(8-11)4-5-19(13)6-7-20-9-14(15,16)17/h2-3,8,10H,4-7,9,18H2,1H3. The highest BCUT2D eigenvalue weighted by Crippen LogP contribution is 2.29. The quantitative estimate of drug-likeness (QED) is 0.847. The summed E-state index contributed by atoms with van der Waals surface area (Å²) >= 11 is 0. The number of fused-ring (bicyclic) bond motifs is 1. The third-order valence-electron chi connectivity index (χ3n) is 3.39. The van der Waals surface area contributed by atoms with Gasteiger partial charge in [-0.3, -0.25) is 0 Å². The molecule has 0 aromatic heterocycles. The van der Waals surface area contributed by atoms with Crippen molar-refractivity contribution in [3.8, 4) is 0 Å². The average molecular weight is 288 g/mol. The topological polar surface area (TPSA) is 38.5 Å². The Labute approximate surface area is 116 Å². The van der Waals surface area contributed by atoms with Gasteiger partial charge in [-0.15, -0.1) is 0 Å². The van der Waals surface area contributed by atoms with Crippen LogP contribution in [0.15, 0.2) is 18.2 Å². The largest absolute Gasteiger partial charge is 0.411 e. The van der Waals surface area contributed by atoms with Crippen molar-refractivity contribution >= 4 is 5.69 Å². The maximum Gasteiger partial charge on any atom is 0.411 e. The molecular weight excluding hydrogens is 269 g/mol. The first-order valence-corrected chi connectivity index (χ1v) is 6.64. The lowest BCUT2D eigenvalue weighted by molar-refractivity contribution is -0.173. The molecule has 2 N–H and O–H groups in total. The van der Waals surface area contributed by atoms with Crippen LogP contribution in [0.2, 0.25) is 0 Å². The van der Waals surface area contributed by atoms with Crippen LogP contribution in [0, 0.1) is 0 Å². The molecule has 0 amide bonds. The lowest BCUT2D eigenvalue weighted by Crippen LogP contribution is -2.27. The fraction of sp³-hybridized carbons (Fsp3) is 0.571. The fourth-order valence-corrected chi connectivity index (χ4v) is 2.37. The molecule has 3 nitrogen and oxygen atoms in total. The van der Waals surface area contributed by atoms with E-state index in [1.54, 1.807) is 0 Å². The molecule has 20 heavy (non-hydrogen) atoms. The van der Waals surface area contributed by atoms with E-state index in [1.807, 2.05) is 19.1 Å². The van der Waals surface area contributed by atoms with Crippen molar-refractivity contribution in [2.45, 2.75) is 25.6 Å². The number of rotatable bonds is 5. The zero-order valence-corrected chi connectivity index (χ0v) is 11.4. The van der Waals surface area contributed by atoms with E-state index >= 15 is 0 Å². The van der Waals surface area contributed by atoms with Crippen molar-refractivity contribution in [2.75, 3.05) is 31.2 Å². The number of nitrogens with zero attached hydrogens (tertiary/aromatic N) is 1. The number of ether oxygens (including phenoxy) is 1. The van der Waals surface area contributed by atoms with E-state index in [1.165, 1.54) is 5.56 Å². The Morgan fingerprint density at radius 2 is 2.15 bits per heavy atom. The summed E-state index contributed by atoms with van der Waals surface area (Å²) in [7, 11) is 0. The van der Waals surface area contributed by atoms with Gasteiger partial charge in [0.25, 0.3) is 0 Å². The Morgan fingerprint density at radius 1 is 1.40 bits per heavy atom. The van der Waals surface area contributed by atoms with Gasteiger partial charge in [-0.2, -0.15) is 13.2 Å². The summed E-state index contributed by atoms with van der Waals surface area (Å²) in [6.45, 7) is 2.11. The molecule has 6 heteroatoms. The van der Waals surface area contributed by atoms with E-state index in [4.69, 9.17) is 5.73 Å². The predicted molar refractivity (Wildman–Crippen MR) is 71.8 cm³/mol. The van der Waals surface area contributed by atoms with Crippen molar-refractivity contribution in [2.24, 2.45) is 5.73 Å². The summed E-state index contributed by atoms with van der Waals surface area (Å²) in [5.74, 6) is 0. The van der Waals surface area contributed by atoms with Crippen molar-refractivity contribution in [1.82, 2.24) is 0 Å². The molecule has 1 aromatic rings. The minimum Gasteiger partial charge on any atom is -0.370 e. The highest BCUT2D eigenvalue weighted by Gasteiger charge is 2.27. The van der Waals surface area contributed by atoms with E-state index < -0.39 is 12.8 Å². The van der Waals surface area contributed by atoms with Gasteiger partial charge in [0.05, 0.1) is 6.61 Å². The van der Waals surface area contributed by atoms with Crippen LogP contribution in [0.4, 0.5) is 18.9 Å². The molecule has 0 fully saturated rings. The molecule has 1 heterocycles. The first-order valence-electron chi connectivity index (χ1n) is 6.64. The Hall–Kier alpha value is -1.27. The number of halogens is 3. The summed E-state index contributed by atoms with van der Waals surface area (Å²) in [5.41, 5.74) is 9.20. The highest BCUT2D eigenvalue weighted by molar-refractivity contribution is 5.59. The van der Waals surface area contributed by atoms with Crippen molar-refractivity contribution in [3.63, 3.8) is 0 Å². The van der Waals surface area contributed by atoms with Crippen LogP contribution in [0.25, 0.3) is 0 Å². The maximum atomic E-state index is 12.0. The zero-order chi connectivity index (χ0) is 14.8. The first-order chi connectivity index (χ1) is 9.37. The second-order valence-electron chi connectivity index (χ2n) is 5.08. The molecule has 0 spiro atoms. The average Bonchev–Trinajstić information content (AvgIpc) is 2.76. The van der Waals surface area contributed by atoms with Crippen molar-refractivity contribution in [3.05, 3.63) is 29.3 Å². The summed E-state index contributed by atoms with van der Waals surface area (Å²) in [5, 5.41) is 0. The van der Waals surface area contributed by atoms with Gasteiger partial charge in [-0.05, 0) is 30.5 Å². The Balaban J connectivity index is 1.89. The van der Waals surface area contributed by atoms with E-state index in [2.05, 4.69) is 15.7 Å². The molecule has 1 unspecified atom stereocenters. The lowest BCUT2D eigenvalue weighted by atomic mass is 10.0. The van der Waals surface area contributed by atoms with E-state index in [0.29, 0.717) is 6.54 Å². The second-order valence-corrected chi connectivity index (χ2v) is 5.08. The van der Waals surface area contributed by atoms with Gasteiger partial charge in [0.1, 0.15) is 6.61 Å². The molecule has 2 rings (SSSR count). The summed E-state index contributed by atoms with van der Waals surface area (Å²) in [6, 6.07) is 6.03. The van der Waals surface area contributed by atoms with Gasteiger partial charge in [0.15, 0.2) is 0 Å². The number of anilines is 1. The SMILES string of the molecule is CC(N)c1ccc2c(c1)CCN2CCOCC(F)(F)F. The first kappa shape index (κ1) is 15.1. The number of alkyl halides is 3. The molecule has 0 saturated carbocycles. The third kappa shape index (κ3) is 3.86. The summed E-state index contributed by atoms with van der Waals surface area (Å²) in [6.07, 6.45) is -3.36. The molecule has 1 aliphatic heterocycles. The normalized spacial score (nSPS) is 16.4. The third-order valence-corrected chi connectivity index (χ3v) is 3.39. The number of nitrogens with two attached hydrogens (primary N) is 1. The maximum absolute atomic E-state index is 12.0. The van der Waals surface area contributed by atoms with Gasteiger partial charge < -0.3 is 15.4 Å². The van der Waals surface area contributed by atoms with Gasteiger partial charge >= 0.3 is 6.18 Å². The minimum absolute atomic E-state index is 0.00975.